The lowest BCUT2D eigenvalue weighted by Crippen LogP contribution is -2.57. The lowest BCUT2D eigenvalue weighted by Gasteiger charge is -2.52. The summed E-state index contributed by atoms with van der Waals surface area (Å²) < 4.78 is 5.63. The molecule has 3 fully saturated rings. The SMILES string of the molecule is CC[C@H]1CN2CC[C@@H]1C[C@H]2[C@@H](NC(=O)c1ccccc1P(c1ccccc1)c1ccccc1)c1ccnc2ccc(OC)cc12. The average Bonchev–Trinajstić information content (AvgIpc) is 3.11. The fourth-order valence-electron chi connectivity index (χ4n) is 7.58. The molecule has 5 atom stereocenters. The fraction of sp³-hybridized carbons (Fsp3) is 0.282. The van der Waals surface area contributed by atoms with E-state index in [9.17, 15) is 4.79 Å². The Balaban J connectivity index is 1.32. The molecular formula is C39H40N3O2P. The van der Waals surface area contributed by atoms with Crippen LogP contribution >= 0.6 is 7.92 Å². The molecule has 0 saturated carbocycles. The zero-order valence-corrected chi connectivity index (χ0v) is 26.9. The third kappa shape index (κ3) is 5.88. The molecule has 0 spiro atoms. The van der Waals surface area contributed by atoms with Crippen LogP contribution in [0.25, 0.3) is 10.9 Å². The summed E-state index contributed by atoms with van der Waals surface area (Å²) in [5.74, 6) is 2.17. The maximum atomic E-state index is 14.7. The average molecular weight is 614 g/mol. The normalized spacial score (nSPS) is 21.5. The van der Waals surface area contributed by atoms with Gasteiger partial charge in [-0.15, -0.1) is 0 Å². The van der Waals surface area contributed by atoms with Crippen LogP contribution in [0.4, 0.5) is 0 Å². The van der Waals surface area contributed by atoms with Crippen LogP contribution in [0.5, 0.6) is 5.75 Å². The quantitative estimate of drug-likeness (QED) is 0.191. The summed E-state index contributed by atoms with van der Waals surface area (Å²) in [4.78, 5) is 22.0. The van der Waals surface area contributed by atoms with Gasteiger partial charge in [0.1, 0.15) is 5.75 Å². The third-order valence-corrected chi connectivity index (χ3v) is 12.4. The third-order valence-electron chi connectivity index (χ3n) is 9.87. The van der Waals surface area contributed by atoms with E-state index in [4.69, 9.17) is 4.74 Å². The van der Waals surface area contributed by atoms with E-state index in [1.165, 1.54) is 23.5 Å². The Labute approximate surface area is 267 Å². The summed E-state index contributed by atoms with van der Waals surface area (Å²) in [5, 5.41) is 8.18. The van der Waals surface area contributed by atoms with Crippen LogP contribution in [-0.2, 0) is 0 Å². The van der Waals surface area contributed by atoms with Crippen LogP contribution < -0.4 is 26.0 Å². The summed E-state index contributed by atoms with van der Waals surface area (Å²) in [6, 6.07) is 37.5. The standard InChI is InChI=1S/C39H40N3O2P/c1-3-27-26-42-23-21-28(27)24-36(42)38(32-20-22-40-35-19-18-29(44-2)25-34(32)35)41-39(43)33-16-10-11-17-37(33)45(30-12-6-4-7-13-30)31-14-8-5-9-15-31/h4-20,22,25,27-28,36,38H,3,21,23-24,26H2,1-2H3,(H,41,43)/t27-,28+,36-,38-/m0/s1. The van der Waals surface area contributed by atoms with Gasteiger partial charge in [0.15, 0.2) is 0 Å². The Bertz CT molecular complexity index is 1740. The lowest BCUT2D eigenvalue weighted by molar-refractivity contribution is -0.0152. The highest BCUT2D eigenvalue weighted by atomic mass is 31.1. The smallest absolute Gasteiger partial charge is 0.252 e. The van der Waals surface area contributed by atoms with Gasteiger partial charge in [-0.1, -0.05) is 92.2 Å². The molecule has 4 heterocycles. The van der Waals surface area contributed by atoms with Gasteiger partial charge in [-0.3, -0.25) is 14.7 Å². The predicted molar refractivity (Wildman–Crippen MR) is 186 cm³/mol. The number of fused-ring (bicyclic) bond motifs is 4. The van der Waals surface area contributed by atoms with E-state index in [1.54, 1.807) is 7.11 Å². The van der Waals surface area contributed by atoms with E-state index in [2.05, 4.69) is 107 Å². The Morgan fingerprint density at radius 2 is 1.67 bits per heavy atom. The van der Waals surface area contributed by atoms with Crippen LogP contribution in [0.2, 0.25) is 0 Å². The Hall–Kier alpha value is -4.05. The Morgan fingerprint density at radius 3 is 2.33 bits per heavy atom. The summed E-state index contributed by atoms with van der Waals surface area (Å²) in [6.45, 7) is 4.49. The first-order valence-corrected chi connectivity index (χ1v) is 17.5. The van der Waals surface area contributed by atoms with Crippen molar-refractivity contribution in [1.82, 2.24) is 15.2 Å². The number of rotatable bonds is 9. The maximum Gasteiger partial charge on any atom is 0.252 e. The highest BCUT2D eigenvalue weighted by molar-refractivity contribution is 7.80. The summed E-state index contributed by atoms with van der Waals surface area (Å²) >= 11 is 0. The number of ether oxygens (including phenoxy) is 1. The van der Waals surface area contributed by atoms with Gasteiger partial charge in [0.25, 0.3) is 5.91 Å². The van der Waals surface area contributed by atoms with Gasteiger partial charge >= 0.3 is 0 Å². The number of benzene rings is 4. The molecule has 228 valence electrons. The highest BCUT2D eigenvalue weighted by Crippen LogP contribution is 2.43. The predicted octanol–water partition coefficient (Wildman–Crippen LogP) is 6.59. The van der Waals surface area contributed by atoms with Crippen molar-refractivity contribution in [2.45, 2.75) is 38.3 Å². The van der Waals surface area contributed by atoms with Gasteiger partial charge in [0.05, 0.1) is 18.7 Å². The second kappa shape index (κ2) is 13.1. The van der Waals surface area contributed by atoms with Gasteiger partial charge in [-0.25, -0.2) is 0 Å². The van der Waals surface area contributed by atoms with Crippen molar-refractivity contribution in [3.63, 3.8) is 0 Å². The molecule has 3 aliphatic rings. The molecule has 1 N–H and O–H groups in total. The van der Waals surface area contributed by atoms with Gasteiger partial charge < -0.3 is 10.1 Å². The summed E-state index contributed by atoms with van der Waals surface area (Å²) in [5.41, 5.74) is 2.75. The molecule has 3 aliphatic heterocycles. The van der Waals surface area contributed by atoms with Crippen molar-refractivity contribution in [2.24, 2.45) is 11.8 Å². The Kier molecular flexibility index (Phi) is 8.65. The maximum absolute atomic E-state index is 14.7. The zero-order valence-electron chi connectivity index (χ0n) is 26.0. The van der Waals surface area contributed by atoms with E-state index >= 15 is 0 Å². The first kappa shape index (κ1) is 29.6. The van der Waals surface area contributed by atoms with Crippen molar-refractivity contribution >= 4 is 40.6 Å². The highest BCUT2D eigenvalue weighted by Gasteiger charge is 2.43. The fourth-order valence-corrected chi connectivity index (χ4v) is 10.0. The molecule has 2 bridgehead atoms. The largest absolute Gasteiger partial charge is 0.497 e. The molecule has 3 saturated heterocycles. The van der Waals surface area contributed by atoms with Crippen molar-refractivity contribution in [3.05, 3.63) is 127 Å². The van der Waals surface area contributed by atoms with Crippen LogP contribution in [0.3, 0.4) is 0 Å². The molecule has 5 nitrogen and oxygen atoms in total. The Morgan fingerprint density at radius 1 is 0.956 bits per heavy atom. The number of carbonyl (C=O) groups is 1. The van der Waals surface area contributed by atoms with Gasteiger partial charge in [-0.2, -0.15) is 0 Å². The number of hydrogen-bond donors (Lipinski definition) is 1. The number of pyridine rings is 1. The van der Waals surface area contributed by atoms with Gasteiger partial charge in [0.2, 0.25) is 0 Å². The summed E-state index contributed by atoms with van der Waals surface area (Å²) in [6.07, 6.45) is 5.41. The molecule has 0 radical (unpaired) electrons. The molecule has 1 amide bonds. The minimum Gasteiger partial charge on any atom is -0.497 e. The molecule has 8 rings (SSSR count). The monoisotopic (exact) mass is 613 g/mol. The van der Waals surface area contributed by atoms with Gasteiger partial charge in [-0.05, 0) is 91.0 Å². The van der Waals surface area contributed by atoms with E-state index in [0.29, 0.717) is 5.92 Å². The topological polar surface area (TPSA) is 54.5 Å². The minimum atomic E-state index is -0.939. The number of amides is 1. The second-order valence-electron chi connectivity index (χ2n) is 12.3. The number of aromatic nitrogens is 1. The van der Waals surface area contributed by atoms with Crippen molar-refractivity contribution in [2.75, 3.05) is 20.2 Å². The second-order valence-corrected chi connectivity index (χ2v) is 14.5. The van der Waals surface area contributed by atoms with Gasteiger partial charge in [0, 0.05) is 29.7 Å². The molecular weight excluding hydrogens is 573 g/mol. The molecule has 5 aromatic rings. The van der Waals surface area contributed by atoms with Crippen LogP contribution in [0.15, 0.2) is 115 Å². The molecule has 1 aromatic heterocycles. The van der Waals surface area contributed by atoms with Crippen LogP contribution in [0, 0.1) is 11.8 Å². The molecule has 1 unspecified atom stereocenters. The van der Waals surface area contributed by atoms with Crippen LogP contribution in [-0.4, -0.2) is 42.0 Å². The van der Waals surface area contributed by atoms with Crippen molar-refractivity contribution in [3.8, 4) is 5.75 Å². The van der Waals surface area contributed by atoms with Crippen molar-refractivity contribution in [1.29, 1.82) is 0 Å². The lowest BCUT2D eigenvalue weighted by atomic mass is 9.72. The number of nitrogens with zero attached hydrogens (tertiary/aromatic N) is 2. The first-order valence-electron chi connectivity index (χ1n) is 16.1. The van der Waals surface area contributed by atoms with E-state index in [0.717, 1.165) is 58.5 Å². The zero-order chi connectivity index (χ0) is 30.8. The molecule has 0 aliphatic carbocycles. The number of piperidine rings is 3. The van der Waals surface area contributed by atoms with E-state index in [-0.39, 0.29) is 18.0 Å². The number of methoxy groups -OCH3 is 1. The minimum absolute atomic E-state index is 0.0301. The van der Waals surface area contributed by atoms with E-state index in [1.807, 2.05) is 30.5 Å². The number of nitrogens with one attached hydrogen (secondary N) is 1. The molecule has 4 aromatic carbocycles. The first-order chi connectivity index (χ1) is 22.1. The number of carbonyl (C=O) groups excluding carboxylic acids is 1. The molecule has 45 heavy (non-hydrogen) atoms. The summed E-state index contributed by atoms with van der Waals surface area (Å²) in [7, 11) is 0.757. The number of hydrogen-bond acceptors (Lipinski definition) is 4. The molecule has 6 heteroatoms. The van der Waals surface area contributed by atoms with Crippen molar-refractivity contribution < 1.29 is 9.53 Å². The van der Waals surface area contributed by atoms with E-state index < -0.39 is 7.92 Å². The van der Waals surface area contributed by atoms with Crippen LogP contribution in [0.1, 0.15) is 48.1 Å².